The average Bonchev–Trinajstić information content (AvgIpc) is 3.15. The Bertz CT molecular complexity index is 998. The molecule has 0 spiro atoms. The van der Waals surface area contributed by atoms with Crippen molar-refractivity contribution in [1.82, 2.24) is 5.32 Å². The minimum absolute atomic E-state index is 0.0937. The Morgan fingerprint density at radius 2 is 2.00 bits per heavy atom. The summed E-state index contributed by atoms with van der Waals surface area (Å²) in [5.74, 6) is -1.82. The van der Waals surface area contributed by atoms with E-state index in [1.54, 1.807) is 0 Å². The number of hydrogen-bond acceptors (Lipinski definition) is 4. The molecule has 1 unspecified atom stereocenters. The largest absolute Gasteiger partial charge is 0.481 e. The molecule has 144 valence electrons. The summed E-state index contributed by atoms with van der Waals surface area (Å²) in [5, 5.41) is 14.6. The fourth-order valence-electron chi connectivity index (χ4n) is 3.54. The molecular formula is C22H21NO4S. The molecule has 1 aromatic heterocycles. The molecule has 0 saturated heterocycles. The number of aliphatic carboxylic acids is 1. The molecule has 2 aromatic carbocycles. The van der Waals surface area contributed by atoms with Gasteiger partial charge >= 0.3 is 5.97 Å². The summed E-state index contributed by atoms with van der Waals surface area (Å²) in [4.78, 5) is 26.1. The number of carbonyl (C=O) groups is 2. The number of amides is 1. The molecule has 2 heterocycles. The first-order valence-corrected chi connectivity index (χ1v) is 10.1. The number of benzene rings is 2. The summed E-state index contributed by atoms with van der Waals surface area (Å²) in [6.07, 6.45) is 1.19. The van der Waals surface area contributed by atoms with Gasteiger partial charge in [0.05, 0.1) is 24.0 Å². The molecule has 0 fully saturated rings. The van der Waals surface area contributed by atoms with Crippen molar-refractivity contribution in [2.24, 2.45) is 5.92 Å². The Morgan fingerprint density at radius 1 is 1.18 bits per heavy atom. The van der Waals surface area contributed by atoms with Crippen LogP contribution in [0.1, 0.15) is 25.7 Å². The molecule has 0 radical (unpaired) electrons. The van der Waals surface area contributed by atoms with Gasteiger partial charge in [-0.15, -0.1) is 11.3 Å². The number of nitrogens with one attached hydrogen (secondary N) is 1. The van der Waals surface area contributed by atoms with Crippen molar-refractivity contribution < 1.29 is 19.4 Å². The number of hydrogen-bond donors (Lipinski definition) is 2. The summed E-state index contributed by atoms with van der Waals surface area (Å²) in [6.45, 7) is 1.31. The molecule has 0 aliphatic carbocycles. The van der Waals surface area contributed by atoms with E-state index in [0.717, 1.165) is 28.3 Å². The van der Waals surface area contributed by atoms with Crippen LogP contribution in [-0.4, -0.2) is 30.1 Å². The molecule has 1 aliphatic heterocycles. The maximum absolute atomic E-state index is 12.5. The predicted octanol–water partition coefficient (Wildman–Crippen LogP) is 3.65. The van der Waals surface area contributed by atoms with E-state index in [9.17, 15) is 14.7 Å². The fourth-order valence-corrected chi connectivity index (χ4v) is 4.61. The van der Waals surface area contributed by atoms with Crippen LogP contribution in [0, 0.1) is 5.92 Å². The topological polar surface area (TPSA) is 75.6 Å². The van der Waals surface area contributed by atoms with E-state index in [1.165, 1.54) is 16.2 Å². The molecule has 1 atom stereocenters. The number of fused-ring (bicyclic) bond motifs is 2. The lowest BCUT2D eigenvalue weighted by molar-refractivity contribution is -0.141. The number of carbonyl (C=O) groups excluding carboxylic acids is 1. The highest BCUT2D eigenvalue weighted by Gasteiger charge is 2.22. The Kier molecular flexibility index (Phi) is 5.41. The zero-order valence-corrected chi connectivity index (χ0v) is 16.1. The summed E-state index contributed by atoms with van der Waals surface area (Å²) < 4.78 is 5.42. The van der Waals surface area contributed by atoms with E-state index in [2.05, 4.69) is 5.32 Å². The normalized spacial score (nSPS) is 14.4. The number of thiophene rings is 1. The minimum Gasteiger partial charge on any atom is -0.481 e. The van der Waals surface area contributed by atoms with Crippen molar-refractivity contribution >= 4 is 34.0 Å². The molecule has 0 saturated carbocycles. The monoisotopic (exact) mass is 395 g/mol. The Hall–Kier alpha value is -2.70. The molecule has 6 heteroatoms. The van der Waals surface area contributed by atoms with Gasteiger partial charge in [-0.05, 0) is 34.4 Å². The number of rotatable bonds is 6. The van der Waals surface area contributed by atoms with Crippen LogP contribution >= 0.6 is 11.3 Å². The van der Waals surface area contributed by atoms with Gasteiger partial charge in [-0.25, -0.2) is 0 Å². The molecule has 5 nitrogen and oxygen atoms in total. The molecular weight excluding hydrogens is 374 g/mol. The van der Waals surface area contributed by atoms with Crippen molar-refractivity contribution in [1.29, 1.82) is 0 Å². The predicted molar refractivity (Wildman–Crippen MR) is 109 cm³/mol. The second-order valence-electron chi connectivity index (χ2n) is 6.95. The lowest BCUT2D eigenvalue weighted by Crippen LogP contribution is -2.33. The van der Waals surface area contributed by atoms with E-state index >= 15 is 0 Å². The van der Waals surface area contributed by atoms with Crippen LogP contribution in [0.2, 0.25) is 0 Å². The SMILES string of the molecule is O=C(NCC(Cc1cccc2ccccc12)C(=O)O)c1cc2c(s1)CCOC2. The highest BCUT2D eigenvalue weighted by atomic mass is 32.1. The second kappa shape index (κ2) is 8.12. The zero-order valence-electron chi connectivity index (χ0n) is 15.3. The third kappa shape index (κ3) is 3.93. The Labute approximate surface area is 167 Å². The van der Waals surface area contributed by atoms with E-state index in [0.29, 0.717) is 24.5 Å². The zero-order chi connectivity index (χ0) is 19.5. The Balaban J connectivity index is 1.46. The van der Waals surface area contributed by atoms with Gasteiger partial charge in [0, 0.05) is 17.8 Å². The molecule has 1 aliphatic rings. The maximum atomic E-state index is 12.5. The van der Waals surface area contributed by atoms with E-state index in [-0.39, 0.29) is 12.5 Å². The highest BCUT2D eigenvalue weighted by Crippen LogP contribution is 2.27. The van der Waals surface area contributed by atoms with Crippen LogP contribution in [0.25, 0.3) is 10.8 Å². The van der Waals surface area contributed by atoms with Crippen LogP contribution in [0.4, 0.5) is 0 Å². The van der Waals surface area contributed by atoms with Crippen molar-refractivity contribution in [3.8, 4) is 0 Å². The highest BCUT2D eigenvalue weighted by molar-refractivity contribution is 7.14. The minimum atomic E-state index is -0.910. The standard InChI is InChI=1S/C22H21NO4S/c24-21(20-11-17-13-27-9-8-19(17)28-20)23-12-16(22(25)26)10-15-6-3-5-14-4-1-2-7-18(14)15/h1-7,11,16H,8-10,12-13H2,(H,23,24)(H,25,26). The van der Waals surface area contributed by atoms with Crippen molar-refractivity contribution in [2.75, 3.05) is 13.2 Å². The van der Waals surface area contributed by atoms with Gasteiger partial charge < -0.3 is 15.2 Å². The van der Waals surface area contributed by atoms with Crippen LogP contribution in [-0.2, 0) is 29.0 Å². The van der Waals surface area contributed by atoms with E-state index < -0.39 is 11.9 Å². The number of carboxylic acid groups (broad SMARTS) is 1. The third-order valence-electron chi connectivity index (χ3n) is 5.06. The summed E-state index contributed by atoms with van der Waals surface area (Å²) >= 11 is 1.47. The summed E-state index contributed by atoms with van der Waals surface area (Å²) in [7, 11) is 0. The van der Waals surface area contributed by atoms with Gasteiger partial charge in [0.2, 0.25) is 0 Å². The number of ether oxygens (including phenoxy) is 1. The molecule has 28 heavy (non-hydrogen) atoms. The first kappa shape index (κ1) is 18.7. The van der Waals surface area contributed by atoms with Gasteiger partial charge in [0.25, 0.3) is 5.91 Å². The quantitative estimate of drug-likeness (QED) is 0.668. The first-order chi connectivity index (χ1) is 13.6. The van der Waals surface area contributed by atoms with E-state index in [4.69, 9.17) is 4.74 Å². The van der Waals surface area contributed by atoms with Crippen LogP contribution in [0.15, 0.2) is 48.5 Å². The molecule has 0 bridgehead atoms. The Morgan fingerprint density at radius 3 is 2.82 bits per heavy atom. The van der Waals surface area contributed by atoms with Crippen molar-refractivity contribution in [3.05, 3.63) is 69.4 Å². The lowest BCUT2D eigenvalue weighted by atomic mass is 9.95. The summed E-state index contributed by atoms with van der Waals surface area (Å²) in [6, 6.07) is 15.7. The third-order valence-corrected chi connectivity index (χ3v) is 6.29. The van der Waals surface area contributed by atoms with Crippen LogP contribution < -0.4 is 5.32 Å². The fraction of sp³-hybridized carbons (Fsp3) is 0.273. The lowest BCUT2D eigenvalue weighted by Gasteiger charge is -2.15. The average molecular weight is 395 g/mol. The first-order valence-electron chi connectivity index (χ1n) is 9.29. The van der Waals surface area contributed by atoms with Gasteiger partial charge in [0.15, 0.2) is 0 Å². The molecule has 2 N–H and O–H groups in total. The van der Waals surface area contributed by atoms with Crippen molar-refractivity contribution in [3.63, 3.8) is 0 Å². The van der Waals surface area contributed by atoms with E-state index in [1.807, 2.05) is 48.5 Å². The van der Waals surface area contributed by atoms with Crippen LogP contribution in [0.3, 0.4) is 0 Å². The van der Waals surface area contributed by atoms with Crippen molar-refractivity contribution in [2.45, 2.75) is 19.4 Å². The smallest absolute Gasteiger partial charge is 0.308 e. The molecule has 1 amide bonds. The van der Waals surface area contributed by atoms with Gasteiger partial charge in [-0.1, -0.05) is 42.5 Å². The van der Waals surface area contributed by atoms with Crippen LogP contribution in [0.5, 0.6) is 0 Å². The van der Waals surface area contributed by atoms with Gasteiger partial charge in [-0.3, -0.25) is 9.59 Å². The maximum Gasteiger partial charge on any atom is 0.308 e. The number of carboxylic acids is 1. The summed E-state index contributed by atoms with van der Waals surface area (Å²) in [5.41, 5.74) is 2.04. The van der Waals surface area contributed by atoms with Gasteiger partial charge in [-0.2, -0.15) is 0 Å². The second-order valence-corrected chi connectivity index (χ2v) is 8.09. The van der Waals surface area contributed by atoms with Gasteiger partial charge in [0.1, 0.15) is 0 Å². The molecule has 3 aromatic rings. The molecule has 4 rings (SSSR count).